The number of nitriles is 1. The fourth-order valence-electron chi connectivity index (χ4n) is 4.13. The second kappa shape index (κ2) is 15.6. The minimum atomic E-state index is -5.08. The summed E-state index contributed by atoms with van der Waals surface area (Å²) in [4.78, 5) is 39.5. The second-order valence-corrected chi connectivity index (χ2v) is 11.3. The number of rotatable bonds is 8. The van der Waals surface area contributed by atoms with Crippen LogP contribution >= 0.6 is 15.9 Å². The number of amides is 1. The maximum atomic E-state index is 13.2. The number of carbonyl (C=O) groups excluding carboxylic acids is 1. The molecule has 0 saturated carbocycles. The van der Waals surface area contributed by atoms with Crippen molar-refractivity contribution in [2.45, 2.75) is 26.6 Å². The number of carboxylic acids is 1. The van der Waals surface area contributed by atoms with E-state index in [1.54, 1.807) is 17.4 Å². The predicted molar refractivity (Wildman–Crippen MR) is 160 cm³/mol. The Labute approximate surface area is 261 Å². The van der Waals surface area contributed by atoms with E-state index in [2.05, 4.69) is 77.4 Å². The third-order valence-corrected chi connectivity index (χ3v) is 6.96. The van der Waals surface area contributed by atoms with Crippen molar-refractivity contribution in [1.29, 1.82) is 5.26 Å². The van der Waals surface area contributed by atoms with Gasteiger partial charge in [-0.1, -0.05) is 38.1 Å². The van der Waals surface area contributed by atoms with Crippen LogP contribution in [0.2, 0.25) is 0 Å². The van der Waals surface area contributed by atoms with Gasteiger partial charge in [0.25, 0.3) is 5.91 Å². The summed E-state index contributed by atoms with van der Waals surface area (Å²) >= 11 is 3.43. The number of likely N-dealkylation sites (N-methyl/N-ethyl adjacent to an activating group) is 1. The smallest absolute Gasteiger partial charge is 0.475 e. The summed E-state index contributed by atoms with van der Waals surface area (Å²) in [6, 6.07) is 12.2. The molecule has 0 spiro atoms. The summed E-state index contributed by atoms with van der Waals surface area (Å²) in [5.74, 6) is -2.39. The van der Waals surface area contributed by atoms with Crippen LogP contribution < -0.4 is 10.4 Å². The Morgan fingerprint density at radius 2 is 1.75 bits per heavy atom. The molecule has 1 saturated heterocycles. The number of piperazine rings is 1. The number of alkyl halides is 3. The average molecular weight is 678 g/mol. The zero-order valence-corrected chi connectivity index (χ0v) is 25.9. The zero-order valence-electron chi connectivity index (χ0n) is 24.3. The van der Waals surface area contributed by atoms with Crippen LogP contribution in [0, 0.1) is 17.2 Å². The minimum absolute atomic E-state index is 0.0286. The van der Waals surface area contributed by atoms with Crippen molar-refractivity contribution in [2.24, 2.45) is 5.92 Å². The molecule has 1 amide bonds. The number of halogens is 4. The molecule has 1 aliphatic rings. The topological polar surface area (TPSA) is 139 Å². The van der Waals surface area contributed by atoms with E-state index in [-0.39, 0.29) is 17.6 Å². The fourth-order valence-corrected chi connectivity index (χ4v) is 4.53. The van der Waals surface area contributed by atoms with Gasteiger partial charge in [-0.25, -0.2) is 9.78 Å². The van der Waals surface area contributed by atoms with Crippen molar-refractivity contribution in [2.75, 3.05) is 44.8 Å². The molecule has 0 aliphatic carbocycles. The Balaban J connectivity index is 0.000000676. The van der Waals surface area contributed by atoms with Crippen molar-refractivity contribution in [3.05, 3.63) is 70.3 Å². The highest BCUT2D eigenvalue weighted by atomic mass is 79.9. The highest BCUT2D eigenvalue weighted by molar-refractivity contribution is 9.10. The van der Waals surface area contributed by atoms with Crippen molar-refractivity contribution in [3.8, 4) is 17.2 Å². The number of nitrogens with one attached hydrogen (secondary N) is 1. The van der Waals surface area contributed by atoms with Crippen molar-refractivity contribution in [1.82, 2.24) is 30.2 Å². The Kier molecular flexibility index (Phi) is 12.1. The zero-order chi connectivity index (χ0) is 32.4. The van der Waals surface area contributed by atoms with Gasteiger partial charge in [-0.15, -0.1) is 0 Å². The van der Waals surface area contributed by atoms with Crippen molar-refractivity contribution in [3.63, 3.8) is 0 Å². The van der Waals surface area contributed by atoms with Gasteiger partial charge in [-0.05, 0) is 46.1 Å². The van der Waals surface area contributed by atoms with E-state index in [0.717, 1.165) is 43.9 Å². The summed E-state index contributed by atoms with van der Waals surface area (Å²) < 4.78 is 32.3. The predicted octanol–water partition coefficient (Wildman–Crippen LogP) is 4.36. The van der Waals surface area contributed by atoms with E-state index in [1.807, 2.05) is 26.0 Å². The third kappa shape index (κ3) is 10.2. The summed E-state index contributed by atoms with van der Waals surface area (Å²) in [7, 11) is 2.16. The lowest BCUT2D eigenvalue weighted by Crippen LogP contribution is -2.45. The van der Waals surface area contributed by atoms with Crippen LogP contribution in [0.4, 0.5) is 19.0 Å². The first-order chi connectivity index (χ1) is 20.8. The van der Waals surface area contributed by atoms with Crippen LogP contribution in [-0.4, -0.2) is 87.7 Å². The lowest BCUT2D eigenvalue weighted by atomic mass is 10.0. The summed E-state index contributed by atoms with van der Waals surface area (Å²) in [5, 5.41) is 18.0. The number of carboxylic acid groups (broad SMARTS) is 1. The summed E-state index contributed by atoms with van der Waals surface area (Å²) in [6.45, 7) is 9.86. The molecule has 3 aromatic rings. The van der Waals surface area contributed by atoms with Crippen LogP contribution in [0.5, 0.6) is 0 Å². The van der Waals surface area contributed by atoms with Crippen LogP contribution in [0.25, 0.3) is 11.1 Å². The second-order valence-electron chi connectivity index (χ2n) is 10.5. The van der Waals surface area contributed by atoms with Gasteiger partial charge in [-0.2, -0.15) is 23.4 Å². The van der Waals surface area contributed by atoms with E-state index in [1.165, 1.54) is 11.8 Å². The van der Waals surface area contributed by atoms with Crippen molar-refractivity contribution >= 4 is 33.6 Å². The number of hydrogen-bond acceptors (Lipinski definition) is 9. The van der Waals surface area contributed by atoms with E-state index < -0.39 is 12.1 Å². The van der Waals surface area contributed by atoms with Gasteiger partial charge in [0, 0.05) is 63.4 Å². The van der Waals surface area contributed by atoms with Crippen LogP contribution in [0.1, 0.15) is 35.6 Å². The Morgan fingerprint density at radius 3 is 2.32 bits per heavy atom. The number of aromatic nitrogens is 3. The first-order valence-electron chi connectivity index (χ1n) is 13.5. The number of pyridine rings is 1. The fraction of sp³-hybridized carbons (Fsp3) is 0.379. The van der Waals surface area contributed by atoms with E-state index in [9.17, 15) is 23.2 Å². The molecule has 0 unspecified atom stereocenters. The van der Waals surface area contributed by atoms with Gasteiger partial charge in [0.1, 0.15) is 6.07 Å². The van der Waals surface area contributed by atoms with Gasteiger partial charge >= 0.3 is 12.1 Å². The number of aliphatic carboxylic acids is 1. The molecule has 44 heavy (non-hydrogen) atoms. The molecular weight excluding hydrogens is 645 g/mol. The van der Waals surface area contributed by atoms with E-state index >= 15 is 0 Å². The summed E-state index contributed by atoms with van der Waals surface area (Å²) in [5.41, 5.74) is 6.49. The maximum absolute atomic E-state index is 13.2. The molecule has 0 bridgehead atoms. The number of hydrazine groups is 1. The van der Waals surface area contributed by atoms with E-state index in [0.29, 0.717) is 22.4 Å². The van der Waals surface area contributed by atoms with Gasteiger partial charge < -0.3 is 10.0 Å². The van der Waals surface area contributed by atoms with Gasteiger partial charge in [0.15, 0.2) is 5.82 Å². The molecule has 2 N–H and O–H groups in total. The Bertz CT molecular complexity index is 1470. The lowest BCUT2D eigenvalue weighted by Gasteiger charge is -2.32. The molecule has 11 nitrogen and oxygen atoms in total. The highest BCUT2D eigenvalue weighted by Crippen LogP contribution is 2.24. The normalized spacial score (nSPS) is 13.9. The highest BCUT2D eigenvalue weighted by Gasteiger charge is 2.38. The quantitative estimate of drug-likeness (QED) is 0.331. The lowest BCUT2D eigenvalue weighted by molar-refractivity contribution is -0.192. The van der Waals surface area contributed by atoms with E-state index in [4.69, 9.17) is 9.90 Å². The molecule has 4 rings (SSSR count). The Hall–Kier alpha value is -4.13. The molecule has 0 atom stereocenters. The first-order valence-corrected chi connectivity index (χ1v) is 14.3. The standard InChI is InChI=1S/C27H31BrN8O.C2HF3O2/c1-19(2)17-36(26-24(28)16-31-25(13-29)32-26)33-27(37)23-12-22(14-30-15-23)21-6-4-20(5-7-21)18-35-10-8-34(3)9-11-35;3-2(4,5)1(6)7/h4-7,12,14-16,19H,8-11,17-18H2,1-3H3,(H,33,37);(H,6,7). The molecule has 0 radical (unpaired) electrons. The summed E-state index contributed by atoms with van der Waals surface area (Å²) in [6.07, 6.45) is -0.266. The SMILES string of the molecule is CC(C)CN(NC(=O)c1cncc(-c2ccc(CN3CCN(C)CC3)cc2)c1)c1nc(C#N)ncc1Br.O=C(O)C(F)(F)F. The van der Waals surface area contributed by atoms with Gasteiger partial charge in [0.05, 0.1) is 10.0 Å². The number of hydrogen-bond donors (Lipinski definition) is 2. The number of benzene rings is 1. The third-order valence-electron chi connectivity index (χ3n) is 6.40. The molecule has 1 fully saturated rings. The van der Waals surface area contributed by atoms with Crippen LogP contribution in [-0.2, 0) is 11.3 Å². The molecule has 1 aliphatic heterocycles. The Morgan fingerprint density at radius 1 is 1.11 bits per heavy atom. The molecule has 15 heteroatoms. The molecule has 2 aromatic heterocycles. The number of anilines is 1. The van der Waals surface area contributed by atoms with Crippen LogP contribution in [0.3, 0.4) is 0 Å². The largest absolute Gasteiger partial charge is 0.490 e. The maximum Gasteiger partial charge on any atom is 0.490 e. The first kappa shape index (κ1) is 34.4. The number of carbonyl (C=O) groups is 2. The molecule has 234 valence electrons. The average Bonchev–Trinajstić information content (AvgIpc) is 2.98. The van der Waals surface area contributed by atoms with Crippen molar-refractivity contribution < 1.29 is 27.9 Å². The van der Waals surface area contributed by atoms with Gasteiger partial charge in [0.2, 0.25) is 5.82 Å². The monoisotopic (exact) mass is 676 g/mol. The molecular formula is C29H32BrF3N8O3. The molecule has 3 heterocycles. The van der Waals surface area contributed by atoms with Gasteiger partial charge in [-0.3, -0.25) is 25.1 Å². The van der Waals surface area contributed by atoms with Crippen LogP contribution in [0.15, 0.2) is 53.4 Å². The minimum Gasteiger partial charge on any atom is -0.475 e. The number of nitrogens with zero attached hydrogens (tertiary/aromatic N) is 7. The molecule has 1 aromatic carbocycles.